The van der Waals surface area contributed by atoms with Crippen LogP contribution in [0.4, 0.5) is 10.1 Å². The second kappa shape index (κ2) is 7.12. The van der Waals surface area contributed by atoms with Gasteiger partial charge in [-0.3, -0.25) is 0 Å². The van der Waals surface area contributed by atoms with Gasteiger partial charge >= 0.3 is 0 Å². The second-order valence-electron chi connectivity index (χ2n) is 5.93. The Labute approximate surface area is 127 Å². The summed E-state index contributed by atoms with van der Waals surface area (Å²) in [5.74, 6) is 0.650. The molecule has 1 aromatic rings. The molecule has 3 atom stereocenters. The lowest BCUT2D eigenvalue weighted by atomic mass is 9.94. The van der Waals surface area contributed by atoms with Crippen LogP contribution >= 0.6 is 0 Å². The highest BCUT2D eigenvalue weighted by Gasteiger charge is 2.29. The molecular weight excluding hydrogens is 267 g/mol. The molecule has 0 aliphatic carbocycles. The summed E-state index contributed by atoms with van der Waals surface area (Å²) < 4.78 is 18.7. The minimum Gasteiger partial charge on any atom is -0.494 e. The minimum absolute atomic E-state index is 0.303. The number of hydrogen-bond donors (Lipinski definition) is 1. The summed E-state index contributed by atoms with van der Waals surface area (Å²) in [6.07, 6.45) is 2.23. The van der Waals surface area contributed by atoms with Gasteiger partial charge < -0.3 is 15.0 Å². The smallest absolute Gasteiger partial charge is 0.165 e. The first-order chi connectivity index (χ1) is 10.1. The SMILES string of the molecule is CCC(C)C1CN(c2ccc(F)c(OC)c2)C(CC)CN1. The largest absolute Gasteiger partial charge is 0.494 e. The molecule has 3 nitrogen and oxygen atoms in total. The van der Waals surface area contributed by atoms with Gasteiger partial charge in [-0.25, -0.2) is 4.39 Å². The van der Waals surface area contributed by atoms with E-state index in [-0.39, 0.29) is 5.82 Å². The van der Waals surface area contributed by atoms with Crippen molar-refractivity contribution in [1.29, 1.82) is 0 Å². The molecule has 4 heteroatoms. The van der Waals surface area contributed by atoms with Crippen molar-refractivity contribution in [2.24, 2.45) is 5.92 Å². The number of methoxy groups -OCH3 is 1. The molecule has 118 valence electrons. The van der Waals surface area contributed by atoms with Crippen LogP contribution in [0.25, 0.3) is 0 Å². The molecule has 1 fully saturated rings. The van der Waals surface area contributed by atoms with Gasteiger partial charge in [0.2, 0.25) is 0 Å². The second-order valence-corrected chi connectivity index (χ2v) is 5.93. The lowest BCUT2D eigenvalue weighted by Gasteiger charge is -2.43. The monoisotopic (exact) mass is 294 g/mol. The van der Waals surface area contributed by atoms with Crippen LogP contribution in [0, 0.1) is 11.7 Å². The van der Waals surface area contributed by atoms with Gasteiger partial charge in [-0.15, -0.1) is 0 Å². The predicted octanol–water partition coefficient (Wildman–Crippen LogP) is 3.44. The number of nitrogens with one attached hydrogen (secondary N) is 1. The van der Waals surface area contributed by atoms with E-state index < -0.39 is 0 Å². The van der Waals surface area contributed by atoms with Crippen LogP contribution in [0.3, 0.4) is 0 Å². The van der Waals surface area contributed by atoms with E-state index in [4.69, 9.17) is 4.74 Å². The quantitative estimate of drug-likeness (QED) is 0.900. The van der Waals surface area contributed by atoms with Crippen molar-refractivity contribution >= 4 is 5.69 Å². The van der Waals surface area contributed by atoms with Crippen LogP contribution in [0.5, 0.6) is 5.75 Å². The molecule has 0 amide bonds. The minimum atomic E-state index is -0.303. The number of benzene rings is 1. The number of halogens is 1. The van der Waals surface area contributed by atoms with E-state index in [1.54, 1.807) is 0 Å². The molecule has 1 aliphatic rings. The van der Waals surface area contributed by atoms with Gasteiger partial charge in [-0.1, -0.05) is 27.2 Å². The van der Waals surface area contributed by atoms with E-state index in [1.165, 1.54) is 13.2 Å². The van der Waals surface area contributed by atoms with E-state index in [2.05, 4.69) is 31.0 Å². The number of rotatable bonds is 5. The van der Waals surface area contributed by atoms with Gasteiger partial charge in [0.05, 0.1) is 7.11 Å². The molecule has 1 heterocycles. The Morgan fingerprint density at radius 3 is 2.81 bits per heavy atom. The normalized spacial score (nSPS) is 24.0. The number of anilines is 1. The third-order valence-corrected chi connectivity index (χ3v) is 4.72. The first kappa shape index (κ1) is 16.1. The van der Waals surface area contributed by atoms with Crippen LogP contribution in [-0.2, 0) is 0 Å². The molecule has 1 aromatic carbocycles. The molecule has 0 spiro atoms. The van der Waals surface area contributed by atoms with Crippen molar-refractivity contribution in [3.05, 3.63) is 24.0 Å². The molecule has 2 rings (SSSR count). The highest BCUT2D eigenvalue weighted by Crippen LogP contribution is 2.29. The Bertz CT molecular complexity index is 466. The molecule has 1 aliphatic heterocycles. The third kappa shape index (κ3) is 3.49. The highest BCUT2D eigenvalue weighted by atomic mass is 19.1. The predicted molar refractivity (Wildman–Crippen MR) is 85.6 cm³/mol. The summed E-state index contributed by atoms with van der Waals surface area (Å²) in [6.45, 7) is 8.65. The Morgan fingerprint density at radius 1 is 1.43 bits per heavy atom. The van der Waals surface area contributed by atoms with Crippen molar-refractivity contribution < 1.29 is 9.13 Å². The van der Waals surface area contributed by atoms with Crippen LogP contribution in [0.2, 0.25) is 0 Å². The average molecular weight is 294 g/mol. The van der Waals surface area contributed by atoms with Crippen LogP contribution in [-0.4, -0.2) is 32.3 Å². The molecule has 0 bridgehead atoms. The maximum absolute atomic E-state index is 13.6. The van der Waals surface area contributed by atoms with Gasteiger partial charge in [0.25, 0.3) is 0 Å². The first-order valence-electron chi connectivity index (χ1n) is 7.94. The summed E-state index contributed by atoms with van der Waals surface area (Å²) in [7, 11) is 1.51. The summed E-state index contributed by atoms with van der Waals surface area (Å²) >= 11 is 0. The number of piperazine rings is 1. The molecule has 0 aromatic heterocycles. The maximum atomic E-state index is 13.6. The zero-order valence-corrected chi connectivity index (χ0v) is 13.5. The maximum Gasteiger partial charge on any atom is 0.165 e. The van der Waals surface area contributed by atoms with E-state index in [1.807, 2.05) is 12.1 Å². The molecule has 1 N–H and O–H groups in total. The van der Waals surface area contributed by atoms with Crippen molar-refractivity contribution in [3.63, 3.8) is 0 Å². The van der Waals surface area contributed by atoms with E-state index in [9.17, 15) is 4.39 Å². The summed E-state index contributed by atoms with van der Waals surface area (Å²) in [4.78, 5) is 2.40. The lowest BCUT2D eigenvalue weighted by Crippen LogP contribution is -2.58. The van der Waals surface area contributed by atoms with Crippen molar-refractivity contribution in [2.45, 2.75) is 45.7 Å². The summed E-state index contributed by atoms with van der Waals surface area (Å²) in [6, 6.07) is 6.10. The number of ether oxygens (including phenoxy) is 1. The lowest BCUT2D eigenvalue weighted by molar-refractivity contribution is 0.306. The highest BCUT2D eigenvalue weighted by molar-refractivity contribution is 5.53. The fourth-order valence-corrected chi connectivity index (χ4v) is 3.00. The number of hydrogen-bond acceptors (Lipinski definition) is 3. The Hall–Kier alpha value is -1.29. The van der Waals surface area contributed by atoms with E-state index in [0.717, 1.165) is 31.6 Å². The molecular formula is C17H27FN2O. The Balaban J connectivity index is 2.24. The molecule has 1 saturated heterocycles. The van der Waals surface area contributed by atoms with Gasteiger partial charge in [-0.2, -0.15) is 0 Å². The van der Waals surface area contributed by atoms with Crippen molar-refractivity contribution in [1.82, 2.24) is 5.32 Å². The first-order valence-corrected chi connectivity index (χ1v) is 7.94. The molecule has 21 heavy (non-hydrogen) atoms. The van der Waals surface area contributed by atoms with Crippen LogP contribution < -0.4 is 15.0 Å². The van der Waals surface area contributed by atoms with Crippen molar-refractivity contribution in [2.75, 3.05) is 25.1 Å². The Morgan fingerprint density at radius 2 is 2.19 bits per heavy atom. The molecule has 0 saturated carbocycles. The fraction of sp³-hybridized carbons (Fsp3) is 0.647. The third-order valence-electron chi connectivity index (χ3n) is 4.72. The van der Waals surface area contributed by atoms with E-state index >= 15 is 0 Å². The zero-order chi connectivity index (χ0) is 15.4. The van der Waals surface area contributed by atoms with Gasteiger partial charge in [0.1, 0.15) is 0 Å². The van der Waals surface area contributed by atoms with E-state index in [0.29, 0.717) is 23.8 Å². The van der Waals surface area contributed by atoms with Gasteiger partial charge in [0, 0.05) is 36.9 Å². The van der Waals surface area contributed by atoms with Gasteiger partial charge in [0.15, 0.2) is 11.6 Å². The topological polar surface area (TPSA) is 24.5 Å². The summed E-state index contributed by atoms with van der Waals surface area (Å²) in [5, 5.41) is 3.66. The van der Waals surface area contributed by atoms with Gasteiger partial charge in [-0.05, 0) is 24.5 Å². The Kier molecular flexibility index (Phi) is 5.45. The summed E-state index contributed by atoms with van der Waals surface area (Å²) in [5.41, 5.74) is 1.05. The number of nitrogens with zero attached hydrogens (tertiary/aromatic N) is 1. The fourth-order valence-electron chi connectivity index (χ4n) is 3.00. The van der Waals surface area contributed by atoms with Crippen molar-refractivity contribution in [3.8, 4) is 5.75 Å². The standard InChI is InChI=1S/C17H27FN2O/c1-5-12(3)16-11-20(13(6-2)10-19-16)14-7-8-15(18)17(9-14)21-4/h7-9,12-13,16,19H,5-6,10-11H2,1-4H3. The zero-order valence-electron chi connectivity index (χ0n) is 13.5. The van der Waals surface area contributed by atoms with Crippen LogP contribution in [0.1, 0.15) is 33.6 Å². The molecule has 0 radical (unpaired) electrons. The molecule has 3 unspecified atom stereocenters. The average Bonchev–Trinajstić information content (AvgIpc) is 2.54. The van der Waals surface area contributed by atoms with Crippen LogP contribution in [0.15, 0.2) is 18.2 Å².